The molecule has 3 heteroatoms. The van der Waals surface area contributed by atoms with Crippen LogP contribution in [0.1, 0.15) is 35.1 Å². The largest absolute Gasteiger partial charge is 0.496 e. The van der Waals surface area contributed by atoms with Crippen LogP contribution in [0.3, 0.4) is 0 Å². The minimum atomic E-state index is 0.632. The van der Waals surface area contributed by atoms with E-state index in [4.69, 9.17) is 10.6 Å². The molecule has 0 spiro atoms. The minimum Gasteiger partial charge on any atom is -0.496 e. The summed E-state index contributed by atoms with van der Waals surface area (Å²) in [6.07, 6.45) is 3.17. The first-order valence-electron chi connectivity index (χ1n) is 6.07. The summed E-state index contributed by atoms with van der Waals surface area (Å²) in [6, 6.07) is 2.23. The lowest BCUT2D eigenvalue weighted by Gasteiger charge is -2.15. The first-order valence-corrected chi connectivity index (χ1v) is 6.07. The number of rotatable bonds is 6. The van der Waals surface area contributed by atoms with E-state index in [1.807, 2.05) is 0 Å². The van der Waals surface area contributed by atoms with Crippen molar-refractivity contribution in [3.63, 3.8) is 0 Å². The SMILES string of the molecule is COc1c(C)cc(CCCCON)c(C)c1C. The summed E-state index contributed by atoms with van der Waals surface area (Å²) in [6.45, 7) is 7.00. The van der Waals surface area contributed by atoms with Gasteiger partial charge in [0.25, 0.3) is 0 Å². The molecule has 0 saturated carbocycles. The first-order chi connectivity index (χ1) is 8.11. The zero-order valence-corrected chi connectivity index (χ0v) is 11.3. The van der Waals surface area contributed by atoms with Gasteiger partial charge in [0.15, 0.2) is 0 Å². The third-order valence-corrected chi connectivity index (χ3v) is 3.30. The van der Waals surface area contributed by atoms with E-state index in [1.165, 1.54) is 22.3 Å². The van der Waals surface area contributed by atoms with Crippen LogP contribution in [0.4, 0.5) is 0 Å². The second-order valence-electron chi connectivity index (χ2n) is 4.46. The van der Waals surface area contributed by atoms with Crippen LogP contribution in [0.15, 0.2) is 6.07 Å². The Bertz CT molecular complexity index is 375. The van der Waals surface area contributed by atoms with Crippen LogP contribution < -0.4 is 10.6 Å². The van der Waals surface area contributed by atoms with Gasteiger partial charge >= 0.3 is 0 Å². The molecule has 0 radical (unpaired) electrons. The molecule has 0 aliphatic carbocycles. The van der Waals surface area contributed by atoms with Gasteiger partial charge in [-0.05, 0) is 62.3 Å². The normalized spacial score (nSPS) is 10.6. The molecule has 1 aromatic carbocycles. The van der Waals surface area contributed by atoms with Crippen molar-refractivity contribution in [2.75, 3.05) is 13.7 Å². The molecule has 0 atom stereocenters. The fraction of sp³-hybridized carbons (Fsp3) is 0.571. The molecule has 1 rings (SSSR count). The molecule has 0 fully saturated rings. The van der Waals surface area contributed by atoms with E-state index < -0.39 is 0 Å². The second kappa shape index (κ2) is 6.62. The third kappa shape index (κ3) is 3.45. The lowest BCUT2D eigenvalue weighted by atomic mass is 9.95. The number of aryl methyl sites for hydroxylation is 2. The van der Waals surface area contributed by atoms with Crippen LogP contribution in [0.25, 0.3) is 0 Å². The van der Waals surface area contributed by atoms with Gasteiger partial charge < -0.3 is 9.57 Å². The fourth-order valence-electron chi connectivity index (χ4n) is 2.22. The molecular formula is C14H23NO2. The van der Waals surface area contributed by atoms with Crippen LogP contribution >= 0.6 is 0 Å². The molecule has 0 aromatic heterocycles. The highest BCUT2D eigenvalue weighted by atomic mass is 16.6. The van der Waals surface area contributed by atoms with Gasteiger partial charge in [-0.15, -0.1) is 0 Å². The predicted molar refractivity (Wildman–Crippen MR) is 70.3 cm³/mol. The molecule has 0 aliphatic rings. The van der Waals surface area contributed by atoms with Crippen molar-refractivity contribution in [2.45, 2.75) is 40.0 Å². The van der Waals surface area contributed by atoms with Gasteiger partial charge in [0, 0.05) is 0 Å². The molecule has 2 N–H and O–H groups in total. The molecule has 0 bridgehead atoms. The predicted octanol–water partition coefficient (Wildman–Crippen LogP) is 2.83. The highest BCUT2D eigenvalue weighted by Gasteiger charge is 2.10. The summed E-state index contributed by atoms with van der Waals surface area (Å²) >= 11 is 0. The number of hydrogen-bond acceptors (Lipinski definition) is 3. The Kier molecular flexibility index (Phi) is 5.45. The van der Waals surface area contributed by atoms with E-state index in [2.05, 4.69) is 31.7 Å². The van der Waals surface area contributed by atoms with Crippen LogP contribution in [-0.4, -0.2) is 13.7 Å². The lowest BCUT2D eigenvalue weighted by molar-refractivity contribution is 0.134. The van der Waals surface area contributed by atoms with Crippen molar-refractivity contribution >= 4 is 0 Å². The summed E-state index contributed by atoms with van der Waals surface area (Å²) in [5.41, 5.74) is 5.19. The zero-order valence-electron chi connectivity index (χ0n) is 11.3. The molecule has 17 heavy (non-hydrogen) atoms. The third-order valence-electron chi connectivity index (χ3n) is 3.30. The molecule has 0 aliphatic heterocycles. The average molecular weight is 237 g/mol. The molecular weight excluding hydrogens is 214 g/mol. The lowest BCUT2D eigenvalue weighted by Crippen LogP contribution is -2.02. The molecule has 1 aromatic rings. The van der Waals surface area contributed by atoms with E-state index in [-0.39, 0.29) is 0 Å². The van der Waals surface area contributed by atoms with Crippen molar-refractivity contribution in [2.24, 2.45) is 5.90 Å². The first kappa shape index (κ1) is 14.0. The van der Waals surface area contributed by atoms with Gasteiger partial charge in [-0.25, -0.2) is 5.90 Å². The van der Waals surface area contributed by atoms with Crippen LogP contribution in [-0.2, 0) is 11.3 Å². The second-order valence-corrected chi connectivity index (χ2v) is 4.46. The van der Waals surface area contributed by atoms with E-state index in [0.717, 1.165) is 25.0 Å². The van der Waals surface area contributed by atoms with Gasteiger partial charge in [0.2, 0.25) is 0 Å². The summed E-state index contributed by atoms with van der Waals surface area (Å²) in [5, 5.41) is 0. The maximum absolute atomic E-state index is 5.42. The van der Waals surface area contributed by atoms with E-state index in [1.54, 1.807) is 7.11 Å². The molecule has 0 heterocycles. The molecule has 0 saturated heterocycles. The van der Waals surface area contributed by atoms with Crippen LogP contribution in [0, 0.1) is 20.8 Å². The Morgan fingerprint density at radius 3 is 2.41 bits per heavy atom. The van der Waals surface area contributed by atoms with Crippen LogP contribution in [0.5, 0.6) is 5.75 Å². The van der Waals surface area contributed by atoms with Gasteiger partial charge in [-0.1, -0.05) is 6.07 Å². The summed E-state index contributed by atoms with van der Waals surface area (Å²) in [5.74, 6) is 6.02. The molecule has 0 unspecified atom stereocenters. The topological polar surface area (TPSA) is 44.5 Å². The quantitative estimate of drug-likeness (QED) is 0.611. The standard InChI is InChI=1S/C14H23NO2/c1-10-9-13(7-5-6-8-17-15)11(2)12(3)14(10)16-4/h9H,5-8,15H2,1-4H3. The van der Waals surface area contributed by atoms with Crippen molar-refractivity contribution in [3.8, 4) is 5.75 Å². The maximum atomic E-state index is 5.42. The number of methoxy groups -OCH3 is 1. The fourth-order valence-corrected chi connectivity index (χ4v) is 2.22. The van der Waals surface area contributed by atoms with Gasteiger partial charge in [0.1, 0.15) is 5.75 Å². The minimum absolute atomic E-state index is 0.632. The number of unbranched alkanes of at least 4 members (excludes halogenated alkanes) is 1. The van der Waals surface area contributed by atoms with Crippen molar-refractivity contribution in [3.05, 3.63) is 28.3 Å². The highest BCUT2D eigenvalue weighted by Crippen LogP contribution is 2.29. The molecule has 0 amide bonds. The van der Waals surface area contributed by atoms with E-state index in [0.29, 0.717) is 6.61 Å². The Morgan fingerprint density at radius 2 is 1.82 bits per heavy atom. The van der Waals surface area contributed by atoms with Gasteiger partial charge in [-0.3, -0.25) is 0 Å². The van der Waals surface area contributed by atoms with Crippen molar-refractivity contribution in [1.29, 1.82) is 0 Å². The summed E-state index contributed by atoms with van der Waals surface area (Å²) in [7, 11) is 1.73. The Morgan fingerprint density at radius 1 is 1.12 bits per heavy atom. The van der Waals surface area contributed by atoms with E-state index >= 15 is 0 Å². The smallest absolute Gasteiger partial charge is 0.124 e. The summed E-state index contributed by atoms with van der Waals surface area (Å²) in [4.78, 5) is 4.57. The van der Waals surface area contributed by atoms with Crippen molar-refractivity contribution < 1.29 is 9.57 Å². The highest BCUT2D eigenvalue weighted by molar-refractivity contribution is 5.48. The monoisotopic (exact) mass is 237 g/mol. The van der Waals surface area contributed by atoms with Gasteiger partial charge in [-0.2, -0.15) is 0 Å². The average Bonchev–Trinajstić information content (AvgIpc) is 2.31. The number of ether oxygens (including phenoxy) is 1. The van der Waals surface area contributed by atoms with Gasteiger partial charge in [0.05, 0.1) is 13.7 Å². The molecule has 3 nitrogen and oxygen atoms in total. The van der Waals surface area contributed by atoms with E-state index in [9.17, 15) is 0 Å². The van der Waals surface area contributed by atoms with Crippen molar-refractivity contribution in [1.82, 2.24) is 0 Å². The maximum Gasteiger partial charge on any atom is 0.124 e. The number of nitrogens with two attached hydrogens (primary N) is 1. The molecule has 96 valence electrons. The Hall–Kier alpha value is -1.06. The van der Waals surface area contributed by atoms with Crippen LogP contribution in [0.2, 0.25) is 0 Å². The summed E-state index contributed by atoms with van der Waals surface area (Å²) < 4.78 is 5.42. The Balaban J connectivity index is 2.80. The number of benzene rings is 1. The Labute approximate surface area is 104 Å². The number of hydrogen-bond donors (Lipinski definition) is 1. The zero-order chi connectivity index (χ0) is 12.8.